The predicted molar refractivity (Wildman–Crippen MR) is 59.7 cm³/mol. The Morgan fingerprint density at radius 3 is 3.00 bits per heavy atom. The molecule has 0 aliphatic rings. The Balaban J connectivity index is 2.42. The van der Waals surface area contributed by atoms with Gasteiger partial charge in [-0.2, -0.15) is 0 Å². The smallest absolute Gasteiger partial charge is 0.356 e. The van der Waals surface area contributed by atoms with Gasteiger partial charge >= 0.3 is 5.97 Å². The van der Waals surface area contributed by atoms with Gasteiger partial charge in [-0.15, -0.1) is 0 Å². The molecule has 2 rings (SSSR count). The van der Waals surface area contributed by atoms with Gasteiger partial charge in [-0.25, -0.2) is 14.8 Å². The van der Waals surface area contributed by atoms with E-state index in [9.17, 15) is 9.59 Å². The Hall–Kier alpha value is -2.48. The SMILES string of the molecule is COCc1cc(=O)[nH]c(-n2cnc(C(=O)O)c2)n1. The fourth-order valence-electron chi connectivity index (χ4n) is 1.39. The van der Waals surface area contributed by atoms with Crippen molar-refractivity contribution >= 4 is 5.97 Å². The zero-order valence-corrected chi connectivity index (χ0v) is 9.45. The first kappa shape index (κ1) is 12.0. The molecule has 0 aliphatic heterocycles. The number of carboxylic acid groups (broad SMARTS) is 1. The van der Waals surface area contributed by atoms with Crippen molar-refractivity contribution in [3.63, 3.8) is 0 Å². The fraction of sp³-hybridized carbons (Fsp3) is 0.200. The summed E-state index contributed by atoms with van der Waals surface area (Å²) in [4.78, 5) is 32.4. The maximum Gasteiger partial charge on any atom is 0.356 e. The van der Waals surface area contributed by atoms with Crippen LogP contribution in [0.1, 0.15) is 16.2 Å². The minimum atomic E-state index is -1.15. The van der Waals surface area contributed by atoms with Gasteiger partial charge in [-0.05, 0) is 0 Å². The van der Waals surface area contributed by atoms with Gasteiger partial charge in [0.1, 0.15) is 6.33 Å². The Labute approximate surface area is 101 Å². The van der Waals surface area contributed by atoms with Crippen LogP contribution in [0.3, 0.4) is 0 Å². The lowest BCUT2D eigenvalue weighted by molar-refractivity contribution is 0.0691. The van der Waals surface area contributed by atoms with Gasteiger partial charge in [0.2, 0.25) is 5.95 Å². The molecule has 2 aromatic rings. The van der Waals surface area contributed by atoms with Gasteiger partial charge in [0.15, 0.2) is 5.69 Å². The van der Waals surface area contributed by atoms with E-state index >= 15 is 0 Å². The maximum absolute atomic E-state index is 11.4. The molecule has 0 amide bonds. The van der Waals surface area contributed by atoms with Gasteiger partial charge in [0, 0.05) is 19.4 Å². The predicted octanol–water partition coefficient (Wildman–Crippen LogP) is -0.200. The van der Waals surface area contributed by atoms with Gasteiger partial charge in [-0.1, -0.05) is 0 Å². The van der Waals surface area contributed by atoms with Crippen molar-refractivity contribution in [1.82, 2.24) is 19.5 Å². The van der Waals surface area contributed by atoms with Crippen LogP contribution in [0.15, 0.2) is 23.4 Å². The summed E-state index contributed by atoms with van der Waals surface area (Å²) in [6.07, 6.45) is 2.52. The quantitative estimate of drug-likeness (QED) is 0.777. The van der Waals surface area contributed by atoms with Crippen LogP contribution in [0.25, 0.3) is 5.95 Å². The minimum absolute atomic E-state index is 0.130. The summed E-state index contributed by atoms with van der Waals surface area (Å²) in [6.45, 7) is 0.192. The van der Waals surface area contributed by atoms with E-state index < -0.39 is 5.97 Å². The maximum atomic E-state index is 11.4. The third-order valence-electron chi connectivity index (χ3n) is 2.12. The van der Waals surface area contributed by atoms with Crippen molar-refractivity contribution in [2.24, 2.45) is 0 Å². The average molecular weight is 250 g/mol. The third kappa shape index (κ3) is 2.43. The van der Waals surface area contributed by atoms with Crippen molar-refractivity contribution in [2.45, 2.75) is 6.61 Å². The number of hydrogen-bond acceptors (Lipinski definition) is 5. The molecule has 2 heterocycles. The zero-order chi connectivity index (χ0) is 13.1. The van der Waals surface area contributed by atoms with E-state index in [0.29, 0.717) is 5.69 Å². The highest BCUT2D eigenvalue weighted by Crippen LogP contribution is 2.03. The zero-order valence-electron chi connectivity index (χ0n) is 9.45. The largest absolute Gasteiger partial charge is 0.476 e. The number of hydrogen-bond donors (Lipinski definition) is 2. The summed E-state index contributed by atoms with van der Waals surface area (Å²) in [7, 11) is 1.49. The summed E-state index contributed by atoms with van der Waals surface area (Å²) in [5.74, 6) is -0.960. The average Bonchev–Trinajstić information content (AvgIpc) is 2.78. The number of aromatic nitrogens is 4. The Morgan fingerprint density at radius 2 is 2.39 bits per heavy atom. The lowest BCUT2D eigenvalue weighted by Crippen LogP contribution is -2.14. The molecule has 0 radical (unpaired) electrons. The standard InChI is InChI=1S/C10H10N4O4/c1-18-4-6-2-8(15)13-10(12-6)14-3-7(9(16)17)11-5-14/h2-3,5H,4H2,1H3,(H,16,17)(H,12,13,15). The van der Waals surface area contributed by atoms with Crippen LogP contribution < -0.4 is 5.56 Å². The second-order valence-electron chi connectivity index (χ2n) is 3.46. The van der Waals surface area contributed by atoms with Crippen LogP contribution in [0.4, 0.5) is 0 Å². The summed E-state index contributed by atoms with van der Waals surface area (Å²) in [5, 5.41) is 8.75. The third-order valence-corrected chi connectivity index (χ3v) is 2.12. The molecule has 0 aromatic carbocycles. The first-order valence-corrected chi connectivity index (χ1v) is 4.97. The van der Waals surface area contributed by atoms with E-state index in [0.717, 1.165) is 0 Å². The summed E-state index contributed by atoms with van der Waals surface area (Å²) in [6, 6.07) is 1.31. The molecule has 0 fully saturated rings. The van der Waals surface area contributed by atoms with Gasteiger partial charge in [-0.3, -0.25) is 14.3 Å². The molecule has 94 valence electrons. The highest BCUT2D eigenvalue weighted by atomic mass is 16.5. The van der Waals surface area contributed by atoms with Crippen molar-refractivity contribution < 1.29 is 14.6 Å². The topological polar surface area (TPSA) is 110 Å². The number of methoxy groups -OCH3 is 1. The van der Waals surface area contributed by atoms with Crippen LogP contribution in [-0.4, -0.2) is 37.7 Å². The Bertz CT molecular complexity index is 631. The molecular formula is C10H10N4O4. The van der Waals surface area contributed by atoms with Crippen molar-refractivity contribution in [3.05, 3.63) is 40.3 Å². The second kappa shape index (κ2) is 4.80. The fourth-order valence-corrected chi connectivity index (χ4v) is 1.39. The van der Waals surface area contributed by atoms with Crippen molar-refractivity contribution in [3.8, 4) is 5.95 Å². The number of carboxylic acids is 1. The number of aromatic amines is 1. The molecule has 0 aliphatic carbocycles. The molecule has 8 heteroatoms. The molecule has 2 aromatic heterocycles. The monoisotopic (exact) mass is 250 g/mol. The number of aromatic carboxylic acids is 1. The van der Waals surface area contributed by atoms with Crippen LogP contribution in [0, 0.1) is 0 Å². The number of carbonyl (C=O) groups is 1. The van der Waals surface area contributed by atoms with E-state index in [4.69, 9.17) is 9.84 Å². The first-order chi connectivity index (χ1) is 8.60. The number of H-pyrrole nitrogens is 1. The molecule has 0 spiro atoms. The number of nitrogens with one attached hydrogen (secondary N) is 1. The van der Waals surface area contributed by atoms with E-state index in [1.165, 1.54) is 30.3 Å². The van der Waals surface area contributed by atoms with E-state index in [2.05, 4.69) is 15.0 Å². The molecular weight excluding hydrogens is 240 g/mol. The van der Waals surface area contributed by atoms with Crippen LogP contribution in [0.5, 0.6) is 0 Å². The van der Waals surface area contributed by atoms with Crippen molar-refractivity contribution in [2.75, 3.05) is 7.11 Å². The number of rotatable bonds is 4. The Morgan fingerprint density at radius 1 is 1.61 bits per heavy atom. The molecule has 0 unspecified atom stereocenters. The van der Waals surface area contributed by atoms with Crippen LogP contribution in [-0.2, 0) is 11.3 Å². The summed E-state index contributed by atoms with van der Waals surface area (Å²) in [5.41, 5.74) is -0.0331. The number of nitrogens with zero attached hydrogens (tertiary/aromatic N) is 3. The van der Waals surface area contributed by atoms with Gasteiger partial charge in [0.25, 0.3) is 5.56 Å². The molecule has 2 N–H and O–H groups in total. The summed E-state index contributed by atoms with van der Waals surface area (Å²) >= 11 is 0. The van der Waals surface area contributed by atoms with Gasteiger partial charge < -0.3 is 9.84 Å². The number of ether oxygens (including phenoxy) is 1. The minimum Gasteiger partial charge on any atom is -0.476 e. The van der Waals surface area contributed by atoms with Crippen LogP contribution >= 0.6 is 0 Å². The Kier molecular flexibility index (Phi) is 3.20. The normalized spacial score (nSPS) is 10.5. The van der Waals surface area contributed by atoms with E-state index in [1.54, 1.807) is 0 Å². The highest BCUT2D eigenvalue weighted by Gasteiger charge is 2.09. The molecule has 18 heavy (non-hydrogen) atoms. The molecule has 0 saturated carbocycles. The van der Waals surface area contributed by atoms with Gasteiger partial charge in [0.05, 0.1) is 12.3 Å². The second-order valence-corrected chi connectivity index (χ2v) is 3.46. The number of imidazole rings is 1. The van der Waals surface area contributed by atoms with E-state index in [-0.39, 0.29) is 23.8 Å². The molecule has 8 nitrogen and oxygen atoms in total. The van der Waals surface area contributed by atoms with Crippen molar-refractivity contribution in [1.29, 1.82) is 0 Å². The molecule has 0 saturated heterocycles. The first-order valence-electron chi connectivity index (χ1n) is 4.97. The van der Waals surface area contributed by atoms with Crippen LogP contribution in [0.2, 0.25) is 0 Å². The highest BCUT2D eigenvalue weighted by molar-refractivity contribution is 5.85. The summed E-state index contributed by atoms with van der Waals surface area (Å²) < 4.78 is 6.21. The lowest BCUT2D eigenvalue weighted by atomic mass is 10.4. The lowest BCUT2D eigenvalue weighted by Gasteiger charge is -2.03. The van der Waals surface area contributed by atoms with E-state index in [1.807, 2.05) is 0 Å². The molecule has 0 atom stereocenters. The molecule has 0 bridgehead atoms.